The van der Waals surface area contributed by atoms with E-state index in [4.69, 9.17) is 5.11 Å². The standard InChI is InChI=1S/C13H21NO5/c1-19-11(15)8-7-10(13(17)18)14-12(16)9-5-3-2-4-6-9/h9-10H,2-8H2,1H3,(H,14,16)(H,17,18)/t10-/m1/s1. The molecular weight excluding hydrogens is 250 g/mol. The summed E-state index contributed by atoms with van der Waals surface area (Å²) >= 11 is 0. The van der Waals surface area contributed by atoms with Crippen LogP contribution in [0.15, 0.2) is 0 Å². The third-order valence-electron chi connectivity index (χ3n) is 3.46. The number of ether oxygens (including phenoxy) is 1. The Bertz CT molecular complexity index is 336. The molecular formula is C13H21NO5. The molecule has 1 aliphatic carbocycles. The van der Waals surface area contributed by atoms with Gasteiger partial charge in [0.1, 0.15) is 6.04 Å². The monoisotopic (exact) mass is 271 g/mol. The van der Waals surface area contributed by atoms with Crippen molar-refractivity contribution in [1.29, 1.82) is 0 Å². The normalized spacial score (nSPS) is 17.5. The Labute approximate surface area is 112 Å². The van der Waals surface area contributed by atoms with Gasteiger partial charge in [-0.05, 0) is 19.3 Å². The minimum atomic E-state index is -1.12. The molecule has 0 spiro atoms. The molecule has 1 amide bonds. The molecule has 0 aromatic rings. The lowest BCUT2D eigenvalue weighted by Gasteiger charge is -2.23. The summed E-state index contributed by atoms with van der Waals surface area (Å²) in [6.07, 6.45) is 4.83. The SMILES string of the molecule is COC(=O)CC[C@@H](NC(=O)C1CCCCC1)C(=O)O. The van der Waals surface area contributed by atoms with Crippen LogP contribution in [0, 0.1) is 5.92 Å². The van der Waals surface area contributed by atoms with E-state index in [1.54, 1.807) is 0 Å². The second-order valence-electron chi connectivity index (χ2n) is 4.85. The predicted octanol–water partition coefficient (Wildman–Crippen LogP) is 1.09. The van der Waals surface area contributed by atoms with Gasteiger partial charge >= 0.3 is 11.9 Å². The van der Waals surface area contributed by atoms with Crippen LogP contribution in [0.25, 0.3) is 0 Å². The zero-order valence-electron chi connectivity index (χ0n) is 11.2. The van der Waals surface area contributed by atoms with Gasteiger partial charge in [-0.3, -0.25) is 9.59 Å². The summed E-state index contributed by atoms with van der Waals surface area (Å²) in [5, 5.41) is 11.6. The zero-order chi connectivity index (χ0) is 14.3. The van der Waals surface area contributed by atoms with Crippen molar-refractivity contribution in [2.75, 3.05) is 7.11 Å². The Morgan fingerprint density at radius 1 is 1.26 bits per heavy atom. The smallest absolute Gasteiger partial charge is 0.326 e. The van der Waals surface area contributed by atoms with Crippen molar-refractivity contribution in [3.8, 4) is 0 Å². The summed E-state index contributed by atoms with van der Waals surface area (Å²) in [5.41, 5.74) is 0. The van der Waals surface area contributed by atoms with Crippen LogP contribution in [0.1, 0.15) is 44.9 Å². The maximum absolute atomic E-state index is 11.9. The van der Waals surface area contributed by atoms with E-state index in [1.165, 1.54) is 7.11 Å². The Morgan fingerprint density at radius 3 is 2.42 bits per heavy atom. The van der Waals surface area contributed by atoms with Crippen LogP contribution < -0.4 is 5.32 Å². The molecule has 108 valence electrons. The Hall–Kier alpha value is -1.59. The van der Waals surface area contributed by atoms with E-state index in [1.807, 2.05) is 0 Å². The van der Waals surface area contributed by atoms with Gasteiger partial charge in [0, 0.05) is 12.3 Å². The fraction of sp³-hybridized carbons (Fsp3) is 0.769. The summed E-state index contributed by atoms with van der Waals surface area (Å²) in [5.74, 6) is -1.89. The quantitative estimate of drug-likeness (QED) is 0.705. The van der Waals surface area contributed by atoms with Crippen LogP contribution >= 0.6 is 0 Å². The van der Waals surface area contributed by atoms with E-state index < -0.39 is 18.0 Å². The van der Waals surface area contributed by atoms with Crippen molar-refractivity contribution in [1.82, 2.24) is 5.32 Å². The maximum atomic E-state index is 11.9. The van der Waals surface area contributed by atoms with Crippen molar-refractivity contribution < 1.29 is 24.2 Å². The second-order valence-corrected chi connectivity index (χ2v) is 4.85. The molecule has 1 atom stereocenters. The third kappa shape index (κ3) is 5.28. The van der Waals surface area contributed by atoms with E-state index >= 15 is 0 Å². The van der Waals surface area contributed by atoms with Crippen molar-refractivity contribution in [2.45, 2.75) is 51.0 Å². The maximum Gasteiger partial charge on any atom is 0.326 e. The number of aliphatic carboxylic acids is 1. The number of amides is 1. The summed E-state index contributed by atoms with van der Waals surface area (Å²) in [4.78, 5) is 34.0. The molecule has 1 aliphatic rings. The first kappa shape index (κ1) is 15.5. The summed E-state index contributed by atoms with van der Waals surface area (Å²) in [6.45, 7) is 0. The van der Waals surface area contributed by atoms with Crippen LogP contribution in [0.2, 0.25) is 0 Å². The molecule has 0 unspecified atom stereocenters. The number of carboxylic acids is 1. The second kappa shape index (κ2) is 7.76. The average Bonchev–Trinajstić information content (AvgIpc) is 2.43. The average molecular weight is 271 g/mol. The number of carboxylic acid groups (broad SMARTS) is 1. The molecule has 6 nitrogen and oxygen atoms in total. The number of carbonyl (C=O) groups is 3. The fourth-order valence-corrected chi connectivity index (χ4v) is 2.28. The number of hydrogen-bond acceptors (Lipinski definition) is 4. The zero-order valence-corrected chi connectivity index (χ0v) is 11.2. The highest BCUT2D eigenvalue weighted by Crippen LogP contribution is 2.23. The highest BCUT2D eigenvalue weighted by Gasteiger charge is 2.26. The lowest BCUT2D eigenvalue weighted by atomic mass is 9.88. The number of hydrogen-bond donors (Lipinski definition) is 2. The molecule has 0 bridgehead atoms. The lowest BCUT2D eigenvalue weighted by Crippen LogP contribution is -2.44. The van der Waals surface area contributed by atoms with Crippen molar-refractivity contribution in [2.24, 2.45) is 5.92 Å². The van der Waals surface area contributed by atoms with Crippen molar-refractivity contribution in [3.05, 3.63) is 0 Å². The van der Waals surface area contributed by atoms with Gasteiger partial charge in [0.25, 0.3) is 0 Å². The van der Waals surface area contributed by atoms with E-state index in [0.717, 1.165) is 32.1 Å². The molecule has 0 aromatic heterocycles. The highest BCUT2D eigenvalue weighted by molar-refractivity contribution is 5.85. The number of carbonyl (C=O) groups excluding carboxylic acids is 2. The number of nitrogens with one attached hydrogen (secondary N) is 1. The van der Waals surface area contributed by atoms with Gasteiger partial charge in [0.15, 0.2) is 0 Å². The molecule has 19 heavy (non-hydrogen) atoms. The summed E-state index contributed by atoms with van der Waals surface area (Å²) < 4.78 is 4.46. The van der Waals surface area contributed by atoms with E-state index in [2.05, 4.69) is 10.1 Å². The fourth-order valence-electron chi connectivity index (χ4n) is 2.28. The predicted molar refractivity (Wildman–Crippen MR) is 67.4 cm³/mol. The molecule has 0 aliphatic heterocycles. The molecule has 1 rings (SSSR count). The highest BCUT2D eigenvalue weighted by atomic mass is 16.5. The molecule has 0 radical (unpaired) electrons. The van der Waals surface area contributed by atoms with E-state index in [0.29, 0.717) is 0 Å². The number of methoxy groups -OCH3 is 1. The van der Waals surface area contributed by atoms with Gasteiger partial charge in [-0.1, -0.05) is 19.3 Å². The van der Waals surface area contributed by atoms with E-state index in [9.17, 15) is 14.4 Å². The van der Waals surface area contributed by atoms with Crippen molar-refractivity contribution >= 4 is 17.8 Å². The topological polar surface area (TPSA) is 92.7 Å². The van der Waals surface area contributed by atoms with Gasteiger partial charge < -0.3 is 15.2 Å². The molecule has 6 heteroatoms. The van der Waals surface area contributed by atoms with Gasteiger partial charge in [0.2, 0.25) is 5.91 Å². The van der Waals surface area contributed by atoms with Crippen LogP contribution in [0.4, 0.5) is 0 Å². The van der Waals surface area contributed by atoms with Crippen LogP contribution in [-0.4, -0.2) is 36.1 Å². The van der Waals surface area contributed by atoms with Gasteiger partial charge in [-0.15, -0.1) is 0 Å². The largest absolute Gasteiger partial charge is 0.480 e. The first-order valence-corrected chi connectivity index (χ1v) is 6.64. The van der Waals surface area contributed by atoms with Crippen molar-refractivity contribution in [3.63, 3.8) is 0 Å². The molecule has 0 saturated heterocycles. The minimum absolute atomic E-state index is 0.0155. The van der Waals surface area contributed by atoms with Gasteiger partial charge in [-0.2, -0.15) is 0 Å². The molecule has 2 N–H and O–H groups in total. The summed E-state index contributed by atoms with van der Waals surface area (Å²) in [7, 11) is 1.25. The van der Waals surface area contributed by atoms with Gasteiger partial charge in [-0.25, -0.2) is 4.79 Å². The molecule has 0 heterocycles. The Morgan fingerprint density at radius 2 is 1.89 bits per heavy atom. The molecule has 1 saturated carbocycles. The minimum Gasteiger partial charge on any atom is -0.480 e. The van der Waals surface area contributed by atoms with Gasteiger partial charge in [0.05, 0.1) is 7.11 Å². The molecule has 0 aromatic carbocycles. The first-order chi connectivity index (χ1) is 9.04. The van der Waals surface area contributed by atoms with Crippen LogP contribution in [-0.2, 0) is 19.1 Å². The molecule has 1 fully saturated rings. The number of rotatable bonds is 6. The van der Waals surface area contributed by atoms with E-state index in [-0.39, 0.29) is 24.7 Å². The third-order valence-corrected chi connectivity index (χ3v) is 3.46. The summed E-state index contributed by atoms with van der Waals surface area (Å²) in [6, 6.07) is -1.02. The first-order valence-electron chi connectivity index (χ1n) is 6.64. The lowest BCUT2D eigenvalue weighted by molar-refractivity contribution is -0.144. The Balaban J connectivity index is 2.45. The van der Waals surface area contributed by atoms with Crippen LogP contribution in [0.5, 0.6) is 0 Å². The Kier molecular flexibility index (Phi) is 6.32. The van der Waals surface area contributed by atoms with Crippen LogP contribution in [0.3, 0.4) is 0 Å². The number of esters is 1.